The Morgan fingerprint density at radius 3 is 2.80 bits per heavy atom. The molecule has 2 rings (SSSR count). The number of benzene rings is 1. The minimum absolute atomic E-state index is 0.430. The summed E-state index contributed by atoms with van der Waals surface area (Å²) in [4.78, 5) is 1.30. The molecule has 1 saturated heterocycles. The molecule has 1 unspecified atom stereocenters. The van der Waals surface area contributed by atoms with Crippen LogP contribution >= 0.6 is 24.0 Å². The Labute approximate surface area is 130 Å². The van der Waals surface area contributed by atoms with E-state index in [1.54, 1.807) is 0 Å². The molecule has 0 spiro atoms. The van der Waals surface area contributed by atoms with Crippen LogP contribution in [0, 0.1) is 0 Å². The standard InChI is InChI=1S/C15H22N2OS2/c19-15(16-9-8-13-5-4-11-18-13)17-10-12-20-14-6-2-1-3-7-14/h1-3,6-7,13H,4-5,8-12H2,(H2,16,17,19). The maximum atomic E-state index is 5.58. The average molecular weight is 310 g/mol. The van der Waals surface area contributed by atoms with Crippen molar-refractivity contribution in [1.29, 1.82) is 0 Å². The molecule has 2 N–H and O–H groups in total. The van der Waals surface area contributed by atoms with Crippen molar-refractivity contribution < 1.29 is 4.74 Å². The molecule has 20 heavy (non-hydrogen) atoms. The molecular weight excluding hydrogens is 288 g/mol. The van der Waals surface area contributed by atoms with Crippen LogP contribution in [0.4, 0.5) is 0 Å². The fourth-order valence-corrected chi connectivity index (χ4v) is 3.12. The van der Waals surface area contributed by atoms with Gasteiger partial charge in [0.1, 0.15) is 0 Å². The van der Waals surface area contributed by atoms with E-state index in [1.807, 2.05) is 17.8 Å². The topological polar surface area (TPSA) is 33.3 Å². The van der Waals surface area contributed by atoms with Crippen LogP contribution in [0.5, 0.6) is 0 Å². The third-order valence-corrected chi connectivity index (χ3v) is 4.48. The normalized spacial score (nSPS) is 17.9. The van der Waals surface area contributed by atoms with Gasteiger partial charge in [0.15, 0.2) is 5.11 Å². The first-order valence-corrected chi connectivity index (χ1v) is 8.55. The van der Waals surface area contributed by atoms with Gasteiger partial charge in [0.2, 0.25) is 0 Å². The molecule has 0 amide bonds. The molecule has 0 bridgehead atoms. The first-order chi connectivity index (χ1) is 9.84. The van der Waals surface area contributed by atoms with E-state index >= 15 is 0 Å². The van der Waals surface area contributed by atoms with Gasteiger partial charge in [-0.1, -0.05) is 18.2 Å². The summed E-state index contributed by atoms with van der Waals surface area (Å²) in [5, 5.41) is 7.22. The van der Waals surface area contributed by atoms with Crippen LogP contribution in [-0.4, -0.2) is 36.7 Å². The number of nitrogens with one attached hydrogen (secondary N) is 2. The molecule has 3 nitrogen and oxygen atoms in total. The van der Waals surface area contributed by atoms with Gasteiger partial charge in [0, 0.05) is 30.3 Å². The predicted molar refractivity (Wildman–Crippen MR) is 89.4 cm³/mol. The molecule has 0 saturated carbocycles. The minimum atomic E-state index is 0.430. The van der Waals surface area contributed by atoms with E-state index in [2.05, 4.69) is 34.9 Å². The van der Waals surface area contributed by atoms with Gasteiger partial charge < -0.3 is 15.4 Å². The molecule has 1 aromatic rings. The zero-order chi connectivity index (χ0) is 14.0. The van der Waals surface area contributed by atoms with Crippen LogP contribution in [0.2, 0.25) is 0 Å². The van der Waals surface area contributed by atoms with Crippen molar-refractivity contribution in [2.45, 2.75) is 30.3 Å². The van der Waals surface area contributed by atoms with Gasteiger partial charge in [-0.25, -0.2) is 0 Å². The summed E-state index contributed by atoms with van der Waals surface area (Å²) in [6.07, 6.45) is 3.86. The molecule has 5 heteroatoms. The molecular formula is C15H22N2OS2. The number of thiocarbonyl (C=S) groups is 1. The van der Waals surface area contributed by atoms with Gasteiger partial charge in [-0.05, 0) is 43.6 Å². The molecule has 110 valence electrons. The van der Waals surface area contributed by atoms with E-state index in [0.717, 1.165) is 37.0 Å². The number of hydrogen-bond acceptors (Lipinski definition) is 3. The smallest absolute Gasteiger partial charge is 0.166 e. The monoisotopic (exact) mass is 310 g/mol. The Bertz CT molecular complexity index is 394. The minimum Gasteiger partial charge on any atom is -0.378 e. The fraction of sp³-hybridized carbons (Fsp3) is 0.533. The Morgan fingerprint density at radius 2 is 2.05 bits per heavy atom. The average Bonchev–Trinajstić information content (AvgIpc) is 2.98. The number of ether oxygens (including phenoxy) is 1. The summed E-state index contributed by atoms with van der Waals surface area (Å²) in [5.41, 5.74) is 0. The molecule has 1 fully saturated rings. The highest BCUT2D eigenvalue weighted by atomic mass is 32.2. The quantitative estimate of drug-likeness (QED) is 0.460. The lowest BCUT2D eigenvalue weighted by Crippen LogP contribution is -2.37. The van der Waals surface area contributed by atoms with E-state index in [9.17, 15) is 0 Å². The van der Waals surface area contributed by atoms with E-state index in [4.69, 9.17) is 17.0 Å². The summed E-state index contributed by atoms with van der Waals surface area (Å²) in [6.45, 7) is 2.69. The number of thioether (sulfide) groups is 1. The maximum Gasteiger partial charge on any atom is 0.166 e. The Kier molecular flexibility index (Phi) is 7.19. The SMILES string of the molecule is S=C(NCCSc1ccccc1)NCCC1CCCO1. The number of hydrogen-bond donors (Lipinski definition) is 2. The number of rotatable bonds is 7. The molecule has 0 aliphatic carbocycles. The van der Waals surface area contributed by atoms with Gasteiger partial charge in [-0.3, -0.25) is 0 Å². The van der Waals surface area contributed by atoms with Crippen LogP contribution < -0.4 is 10.6 Å². The fourth-order valence-electron chi connectivity index (χ4n) is 2.13. The lowest BCUT2D eigenvalue weighted by Gasteiger charge is -2.12. The third-order valence-electron chi connectivity index (χ3n) is 3.18. The molecule has 1 heterocycles. The van der Waals surface area contributed by atoms with E-state index in [0.29, 0.717) is 6.10 Å². The van der Waals surface area contributed by atoms with Gasteiger partial charge in [0.05, 0.1) is 6.10 Å². The van der Waals surface area contributed by atoms with Crippen molar-refractivity contribution in [2.75, 3.05) is 25.4 Å². The van der Waals surface area contributed by atoms with Crippen molar-refractivity contribution in [2.24, 2.45) is 0 Å². The van der Waals surface area contributed by atoms with Crippen molar-refractivity contribution >= 4 is 29.1 Å². The molecule has 1 aliphatic heterocycles. The largest absolute Gasteiger partial charge is 0.378 e. The molecule has 1 aliphatic rings. The van der Waals surface area contributed by atoms with E-state index < -0.39 is 0 Å². The van der Waals surface area contributed by atoms with Crippen LogP contribution in [0.3, 0.4) is 0 Å². The summed E-state index contributed by atoms with van der Waals surface area (Å²) >= 11 is 7.09. The predicted octanol–water partition coefficient (Wildman–Crippen LogP) is 2.81. The lowest BCUT2D eigenvalue weighted by atomic mass is 10.2. The maximum absolute atomic E-state index is 5.58. The van der Waals surface area contributed by atoms with Crippen molar-refractivity contribution in [3.05, 3.63) is 30.3 Å². The Balaban J connectivity index is 1.47. The van der Waals surface area contributed by atoms with Crippen LogP contribution in [-0.2, 0) is 4.74 Å². The second kappa shape index (κ2) is 9.21. The zero-order valence-corrected chi connectivity index (χ0v) is 13.3. The van der Waals surface area contributed by atoms with Gasteiger partial charge >= 0.3 is 0 Å². The first kappa shape index (κ1) is 15.6. The highest BCUT2D eigenvalue weighted by molar-refractivity contribution is 7.99. The van der Waals surface area contributed by atoms with Crippen LogP contribution in [0.1, 0.15) is 19.3 Å². The lowest BCUT2D eigenvalue weighted by molar-refractivity contribution is 0.105. The van der Waals surface area contributed by atoms with Crippen LogP contribution in [0.25, 0.3) is 0 Å². The van der Waals surface area contributed by atoms with Crippen molar-refractivity contribution in [3.8, 4) is 0 Å². The van der Waals surface area contributed by atoms with Crippen LogP contribution in [0.15, 0.2) is 35.2 Å². The van der Waals surface area contributed by atoms with E-state index in [1.165, 1.54) is 17.7 Å². The molecule has 1 atom stereocenters. The van der Waals surface area contributed by atoms with Crippen molar-refractivity contribution in [3.63, 3.8) is 0 Å². The zero-order valence-electron chi connectivity index (χ0n) is 11.6. The summed E-state index contributed by atoms with van der Waals surface area (Å²) in [5.74, 6) is 1.01. The van der Waals surface area contributed by atoms with Crippen molar-refractivity contribution in [1.82, 2.24) is 10.6 Å². The highest BCUT2D eigenvalue weighted by Gasteiger charge is 2.14. The van der Waals surface area contributed by atoms with E-state index in [-0.39, 0.29) is 0 Å². The highest BCUT2D eigenvalue weighted by Crippen LogP contribution is 2.16. The summed E-state index contributed by atoms with van der Waals surface area (Å²) in [7, 11) is 0. The summed E-state index contributed by atoms with van der Waals surface area (Å²) < 4.78 is 5.58. The van der Waals surface area contributed by atoms with Gasteiger partial charge in [0.25, 0.3) is 0 Å². The molecule has 1 aromatic carbocycles. The Hall–Kier alpha value is -0.780. The first-order valence-electron chi connectivity index (χ1n) is 7.16. The molecule has 0 aromatic heterocycles. The second-order valence-electron chi connectivity index (χ2n) is 4.77. The second-order valence-corrected chi connectivity index (χ2v) is 6.34. The molecule has 0 radical (unpaired) electrons. The van der Waals surface area contributed by atoms with Gasteiger partial charge in [-0.15, -0.1) is 11.8 Å². The summed E-state index contributed by atoms with van der Waals surface area (Å²) in [6, 6.07) is 10.4. The third kappa shape index (κ3) is 6.11. The van der Waals surface area contributed by atoms with Gasteiger partial charge in [-0.2, -0.15) is 0 Å². The Morgan fingerprint density at radius 1 is 1.25 bits per heavy atom.